The van der Waals surface area contributed by atoms with Crippen LogP contribution in [0.5, 0.6) is 5.75 Å². The molecule has 1 saturated heterocycles. The van der Waals surface area contributed by atoms with Gasteiger partial charge in [0.25, 0.3) is 0 Å². The third-order valence-corrected chi connectivity index (χ3v) is 6.11. The van der Waals surface area contributed by atoms with Crippen LogP contribution in [0.2, 0.25) is 0 Å². The molecule has 32 heavy (non-hydrogen) atoms. The number of carbonyl (C=O) groups is 2. The number of anilines is 1. The number of amides is 2. The number of hydrogen-bond acceptors (Lipinski definition) is 4. The lowest BCUT2D eigenvalue weighted by Gasteiger charge is -2.20. The fourth-order valence-electron chi connectivity index (χ4n) is 4.26. The summed E-state index contributed by atoms with van der Waals surface area (Å²) in [7, 11) is 3.46. The molecule has 0 aliphatic carbocycles. The predicted molar refractivity (Wildman–Crippen MR) is 125 cm³/mol. The molecule has 2 amide bonds. The molecule has 2 aromatic carbocycles. The highest BCUT2D eigenvalue weighted by atomic mass is 16.5. The van der Waals surface area contributed by atoms with Crippen molar-refractivity contribution in [2.45, 2.75) is 38.6 Å². The summed E-state index contributed by atoms with van der Waals surface area (Å²) in [5.41, 5.74) is 2.58. The highest BCUT2D eigenvalue weighted by Gasteiger charge is 2.35. The van der Waals surface area contributed by atoms with Gasteiger partial charge in [-0.2, -0.15) is 0 Å². The van der Waals surface area contributed by atoms with Crippen molar-refractivity contribution in [2.24, 2.45) is 0 Å². The van der Waals surface area contributed by atoms with Crippen LogP contribution in [0.3, 0.4) is 0 Å². The number of unbranched alkanes of at least 4 members (excludes halogenated alkanes) is 1. The Morgan fingerprint density at radius 2 is 2.03 bits per heavy atom. The fraction of sp³-hybridized carbons (Fsp3) is 0.400. The molecule has 1 aliphatic rings. The van der Waals surface area contributed by atoms with Gasteiger partial charge < -0.3 is 19.1 Å². The molecule has 7 nitrogen and oxygen atoms in total. The Bertz CT molecular complexity index is 1120. The molecule has 1 atom stereocenters. The van der Waals surface area contributed by atoms with E-state index in [1.54, 1.807) is 16.9 Å². The Hall–Kier alpha value is -3.35. The van der Waals surface area contributed by atoms with E-state index in [0.29, 0.717) is 18.7 Å². The molecule has 168 valence electrons. The highest BCUT2D eigenvalue weighted by molar-refractivity contribution is 5.96. The van der Waals surface area contributed by atoms with Gasteiger partial charge in [-0.15, -0.1) is 0 Å². The zero-order valence-corrected chi connectivity index (χ0v) is 19.0. The van der Waals surface area contributed by atoms with Crippen LogP contribution in [-0.4, -0.2) is 53.5 Å². The van der Waals surface area contributed by atoms with Crippen molar-refractivity contribution in [1.29, 1.82) is 0 Å². The number of ether oxygens (including phenoxy) is 1. The molecule has 3 aromatic rings. The minimum absolute atomic E-state index is 0.0493. The number of fused-ring (bicyclic) bond motifs is 1. The Balaban J connectivity index is 1.63. The molecular weight excluding hydrogens is 404 g/mol. The van der Waals surface area contributed by atoms with Gasteiger partial charge in [0, 0.05) is 44.2 Å². The SMILES string of the molecule is CCCCN(C)C(=O)Cn1c([C@@H]2CC(=O)N(c3cccc(OC)c3)C2)nc2ccccc21. The minimum Gasteiger partial charge on any atom is -0.497 e. The van der Waals surface area contributed by atoms with E-state index in [1.807, 2.05) is 60.1 Å². The molecular formula is C25H30N4O3. The van der Waals surface area contributed by atoms with Gasteiger partial charge in [-0.3, -0.25) is 9.59 Å². The lowest BCUT2D eigenvalue weighted by molar-refractivity contribution is -0.130. The number of aromatic nitrogens is 2. The van der Waals surface area contributed by atoms with Gasteiger partial charge in [0.15, 0.2) is 0 Å². The predicted octanol–water partition coefficient (Wildman–Crippen LogP) is 3.82. The van der Waals surface area contributed by atoms with Crippen LogP contribution in [0.25, 0.3) is 11.0 Å². The zero-order chi connectivity index (χ0) is 22.7. The average molecular weight is 435 g/mol. The van der Waals surface area contributed by atoms with Crippen LogP contribution < -0.4 is 9.64 Å². The first kappa shape index (κ1) is 21.9. The van der Waals surface area contributed by atoms with E-state index in [0.717, 1.165) is 41.9 Å². The number of hydrogen-bond donors (Lipinski definition) is 0. The van der Waals surface area contributed by atoms with E-state index in [4.69, 9.17) is 9.72 Å². The average Bonchev–Trinajstić information content (AvgIpc) is 3.38. The Labute approximate surface area is 188 Å². The molecule has 7 heteroatoms. The van der Waals surface area contributed by atoms with Crippen molar-refractivity contribution < 1.29 is 14.3 Å². The van der Waals surface area contributed by atoms with Crippen molar-refractivity contribution in [3.8, 4) is 5.75 Å². The van der Waals surface area contributed by atoms with Crippen LogP contribution in [0.15, 0.2) is 48.5 Å². The lowest BCUT2D eigenvalue weighted by atomic mass is 10.1. The maximum Gasteiger partial charge on any atom is 0.242 e. The number of benzene rings is 2. The van der Waals surface area contributed by atoms with Crippen molar-refractivity contribution in [3.63, 3.8) is 0 Å². The number of rotatable bonds is 8. The summed E-state index contributed by atoms with van der Waals surface area (Å²) in [5, 5.41) is 0. The van der Waals surface area contributed by atoms with Crippen molar-refractivity contribution >= 4 is 28.5 Å². The first-order valence-corrected chi connectivity index (χ1v) is 11.1. The Morgan fingerprint density at radius 1 is 1.22 bits per heavy atom. The van der Waals surface area contributed by atoms with Gasteiger partial charge >= 0.3 is 0 Å². The third kappa shape index (κ3) is 4.33. The van der Waals surface area contributed by atoms with E-state index in [2.05, 4.69) is 6.92 Å². The largest absolute Gasteiger partial charge is 0.497 e. The number of likely N-dealkylation sites (N-methyl/N-ethyl adjacent to an activating group) is 1. The van der Waals surface area contributed by atoms with E-state index in [-0.39, 0.29) is 24.3 Å². The summed E-state index contributed by atoms with van der Waals surface area (Å²) >= 11 is 0. The maximum atomic E-state index is 12.9. The summed E-state index contributed by atoms with van der Waals surface area (Å²) in [4.78, 5) is 34.3. The van der Waals surface area contributed by atoms with Crippen LogP contribution in [0, 0.1) is 0 Å². The number of imidazole rings is 1. The molecule has 0 radical (unpaired) electrons. The highest BCUT2D eigenvalue weighted by Crippen LogP contribution is 2.34. The van der Waals surface area contributed by atoms with Gasteiger partial charge in [0.1, 0.15) is 18.1 Å². The summed E-state index contributed by atoms with van der Waals surface area (Å²) in [6.07, 6.45) is 2.38. The first-order chi connectivity index (χ1) is 15.5. The quantitative estimate of drug-likeness (QED) is 0.541. The van der Waals surface area contributed by atoms with Gasteiger partial charge in [-0.25, -0.2) is 4.98 Å². The molecule has 4 rings (SSSR count). The number of methoxy groups -OCH3 is 1. The first-order valence-electron chi connectivity index (χ1n) is 11.1. The molecule has 1 aromatic heterocycles. The second-order valence-electron chi connectivity index (χ2n) is 8.32. The van der Waals surface area contributed by atoms with Crippen molar-refractivity contribution in [1.82, 2.24) is 14.5 Å². The molecule has 0 N–H and O–H groups in total. The maximum absolute atomic E-state index is 12.9. The minimum atomic E-state index is -0.0881. The summed E-state index contributed by atoms with van der Waals surface area (Å²) in [5.74, 6) is 1.52. The smallest absolute Gasteiger partial charge is 0.242 e. The lowest BCUT2D eigenvalue weighted by Crippen LogP contribution is -2.32. The van der Waals surface area contributed by atoms with Crippen LogP contribution in [0.1, 0.15) is 37.9 Å². The molecule has 0 saturated carbocycles. The van der Waals surface area contributed by atoms with E-state index in [1.165, 1.54) is 0 Å². The molecule has 1 fully saturated rings. The van der Waals surface area contributed by atoms with E-state index >= 15 is 0 Å². The molecule has 0 spiro atoms. The molecule has 2 heterocycles. The van der Waals surface area contributed by atoms with Crippen LogP contribution in [0.4, 0.5) is 5.69 Å². The molecule has 1 aliphatic heterocycles. The van der Waals surface area contributed by atoms with E-state index in [9.17, 15) is 9.59 Å². The molecule has 0 unspecified atom stereocenters. The van der Waals surface area contributed by atoms with Crippen molar-refractivity contribution in [2.75, 3.05) is 32.1 Å². The number of carbonyl (C=O) groups excluding carboxylic acids is 2. The van der Waals surface area contributed by atoms with E-state index < -0.39 is 0 Å². The summed E-state index contributed by atoms with van der Waals surface area (Å²) in [6, 6.07) is 15.4. The zero-order valence-electron chi connectivity index (χ0n) is 19.0. The van der Waals surface area contributed by atoms with Gasteiger partial charge in [0.2, 0.25) is 11.8 Å². The van der Waals surface area contributed by atoms with Gasteiger partial charge in [-0.1, -0.05) is 31.5 Å². The van der Waals surface area contributed by atoms with Crippen LogP contribution >= 0.6 is 0 Å². The van der Waals surface area contributed by atoms with Crippen LogP contribution in [-0.2, 0) is 16.1 Å². The normalized spacial score (nSPS) is 16.0. The number of nitrogens with zero attached hydrogens (tertiary/aromatic N) is 4. The topological polar surface area (TPSA) is 67.7 Å². The standard InChI is InChI=1S/C25H30N4O3/c1-4-5-13-27(2)24(31)17-29-22-12-7-6-11-21(22)26-25(29)18-14-23(30)28(16-18)19-9-8-10-20(15-19)32-3/h6-12,15,18H,4-5,13-14,16-17H2,1-3H3/t18-/m1/s1. The van der Waals surface area contributed by atoms with Crippen molar-refractivity contribution in [3.05, 3.63) is 54.4 Å². The second-order valence-corrected chi connectivity index (χ2v) is 8.32. The van der Waals surface area contributed by atoms with Gasteiger partial charge in [0.05, 0.1) is 18.1 Å². The monoisotopic (exact) mass is 434 g/mol. The third-order valence-electron chi connectivity index (χ3n) is 6.11. The fourth-order valence-corrected chi connectivity index (χ4v) is 4.26. The summed E-state index contributed by atoms with van der Waals surface area (Å²) < 4.78 is 7.31. The summed E-state index contributed by atoms with van der Waals surface area (Å²) in [6.45, 7) is 3.60. The molecule has 0 bridgehead atoms. The Kier molecular flexibility index (Phi) is 6.44. The second kappa shape index (κ2) is 9.42. The number of para-hydroxylation sites is 2. The Morgan fingerprint density at radius 3 is 2.81 bits per heavy atom. The van der Waals surface area contributed by atoms with Gasteiger partial charge in [-0.05, 0) is 30.7 Å².